The first-order valence-corrected chi connectivity index (χ1v) is 8.85. The van der Waals surface area contributed by atoms with Crippen molar-refractivity contribution < 1.29 is 0 Å². The topological polar surface area (TPSA) is 27.0 Å². The zero-order valence-corrected chi connectivity index (χ0v) is 14.5. The molecule has 0 heterocycles. The molecule has 0 aromatic heterocycles. The van der Waals surface area contributed by atoms with Crippen molar-refractivity contribution in [2.24, 2.45) is 0 Å². The lowest BCUT2D eigenvalue weighted by atomic mass is 9.92. The molecule has 1 aliphatic carbocycles. The van der Waals surface area contributed by atoms with Crippen LogP contribution in [0.4, 0.5) is 5.69 Å². The molecule has 2 aromatic rings. The molecule has 2 nitrogen and oxygen atoms in total. The number of fused-ring (bicyclic) bond motifs is 1. The molecule has 24 heavy (non-hydrogen) atoms. The molecule has 0 atom stereocenters. The van der Waals surface area contributed by atoms with E-state index in [1.54, 1.807) is 0 Å². The standard InChI is InChI=1S/C22H24N2/c1-3-13-24(4-2)21-12-11-17-14-19(10-9-18(17)15-21)22-8-6-5-7-20(22)16-23/h6,8-12,14-15H,3-5,7,13H2,1-2H3. The van der Waals surface area contributed by atoms with Gasteiger partial charge in [-0.2, -0.15) is 5.26 Å². The summed E-state index contributed by atoms with van der Waals surface area (Å²) in [7, 11) is 0. The van der Waals surface area contributed by atoms with Gasteiger partial charge >= 0.3 is 0 Å². The van der Waals surface area contributed by atoms with Crippen LogP contribution in [-0.4, -0.2) is 13.1 Å². The smallest absolute Gasteiger partial charge is 0.0953 e. The minimum Gasteiger partial charge on any atom is -0.372 e. The minimum absolute atomic E-state index is 0.849. The first kappa shape index (κ1) is 16.3. The summed E-state index contributed by atoms with van der Waals surface area (Å²) in [4.78, 5) is 2.41. The van der Waals surface area contributed by atoms with E-state index in [1.807, 2.05) is 0 Å². The van der Waals surface area contributed by atoms with Crippen LogP contribution in [0.3, 0.4) is 0 Å². The molecular weight excluding hydrogens is 292 g/mol. The van der Waals surface area contributed by atoms with Crippen molar-refractivity contribution >= 4 is 22.0 Å². The molecule has 0 fully saturated rings. The Morgan fingerprint density at radius 2 is 1.88 bits per heavy atom. The molecule has 122 valence electrons. The van der Waals surface area contributed by atoms with Gasteiger partial charge in [-0.3, -0.25) is 0 Å². The van der Waals surface area contributed by atoms with E-state index in [9.17, 15) is 5.26 Å². The first-order valence-electron chi connectivity index (χ1n) is 8.85. The van der Waals surface area contributed by atoms with Crippen LogP contribution in [0.2, 0.25) is 0 Å². The number of allylic oxidation sites excluding steroid dienone is 4. The molecule has 2 heteroatoms. The monoisotopic (exact) mass is 316 g/mol. The van der Waals surface area contributed by atoms with Gasteiger partial charge in [0.15, 0.2) is 0 Å². The third kappa shape index (κ3) is 3.21. The Kier molecular flexibility index (Phi) is 5.01. The fourth-order valence-electron chi connectivity index (χ4n) is 3.39. The second kappa shape index (κ2) is 7.36. The molecule has 0 spiro atoms. The summed E-state index contributed by atoms with van der Waals surface area (Å²) in [5.74, 6) is 0. The van der Waals surface area contributed by atoms with Gasteiger partial charge in [-0.05, 0) is 66.3 Å². The zero-order valence-electron chi connectivity index (χ0n) is 14.5. The predicted octanol–water partition coefficient (Wildman–Crippen LogP) is 5.70. The van der Waals surface area contributed by atoms with Crippen LogP contribution in [0.15, 0.2) is 54.1 Å². The highest BCUT2D eigenvalue weighted by atomic mass is 15.1. The molecule has 3 rings (SSSR count). The molecule has 0 aliphatic heterocycles. The molecule has 0 radical (unpaired) electrons. The lowest BCUT2D eigenvalue weighted by Gasteiger charge is -2.23. The van der Waals surface area contributed by atoms with Gasteiger partial charge in [0.25, 0.3) is 0 Å². The largest absolute Gasteiger partial charge is 0.372 e. The van der Waals surface area contributed by atoms with Crippen molar-refractivity contribution in [2.75, 3.05) is 18.0 Å². The third-order valence-corrected chi connectivity index (χ3v) is 4.68. The summed E-state index contributed by atoms with van der Waals surface area (Å²) in [6.45, 7) is 6.53. The van der Waals surface area contributed by atoms with Gasteiger partial charge in [0.05, 0.1) is 6.07 Å². The summed E-state index contributed by atoms with van der Waals surface area (Å²) in [6.07, 6.45) is 7.22. The summed E-state index contributed by atoms with van der Waals surface area (Å²) in [6, 6.07) is 15.6. The Morgan fingerprint density at radius 3 is 2.62 bits per heavy atom. The number of hydrogen-bond acceptors (Lipinski definition) is 2. The average Bonchev–Trinajstić information content (AvgIpc) is 2.65. The number of benzene rings is 2. The average molecular weight is 316 g/mol. The molecule has 0 unspecified atom stereocenters. The lowest BCUT2D eigenvalue weighted by Crippen LogP contribution is -2.23. The van der Waals surface area contributed by atoms with Gasteiger partial charge in [-0.15, -0.1) is 0 Å². The fourth-order valence-corrected chi connectivity index (χ4v) is 3.39. The van der Waals surface area contributed by atoms with Crippen LogP contribution in [0.25, 0.3) is 16.3 Å². The van der Waals surface area contributed by atoms with Gasteiger partial charge in [0, 0.05) is 24.4 Å². The third-order valence-electron chi connectivity index (χ3n) is 4.68. The van der Waals surface area contributed by atoms with Crippen molar-refractivity contribution in [1.82, 2.24) is 0 Å². The van der Waals surface area contributed by atoms with Gasteiger partial charge in [0.2, 0.25) is 0 Å². The quantitative estimate of drug-likeness (QED) is 0.707. The van der Waals surface area contributed by atoms with E-state index in [2.05, 4.69) is 73.4 Å². The normalized spacial score (nSPS) is 14.0. The maximum absolute atomic E-state index is 9.36. The van der Waals surface area contributed by atoms with E-state index in [1.165, 1.54) is 16.5 Å². The molecular formula is C22H24N2. The number of nitriles is 1. The number of nitrogens with zero attached hydrogens (tertiary/aromatic N) is 2. The van der Waals surface area contributed by atoms with Crippen LogP contribution >= 0.6 is 0 Å². The molecule has 0 amide bonds. The molecule has 0 saturated carbocycles. The Hall–Kier alpha value is -2.53. The van der Waals surface area contributed by atoms with Gasteiger partial charge in [-0.25, -0.2) is 0 Å². The van der Waals surface area contributed by atoms with Crippen molar-refractivity contribution in [3.05, 3.63) is 59.7 Å². The lowest BCUT2D eigenvalue weighted by molar-refractivity contribution is 0.792. The molecule has 0 N–H and O–H groups in total. The van der Waals surface area contributed by atoms with Crippen LogP contribution in [-0.2, 0) is 0 Å². The van der Waals surface area contributed by atoms with E-state index in [4.69, 9.17) is 0 Å². The zero-order chi connectivity index (χ0) is 16.9. The van der Waals surface area contributed by atoms with E-state index in [0.29, 0.717) is 0 Å². The van der Waals surface area contributed by atoms with Crippen LogP contribution in [0.5, 0.6) is 0 Å². The van der Waals surface area contributed by atoms with Crippen LogP contribution in [0, 0.1) is 11.3 Å². The van der Waals surface area contributed by atoms with Crippen LogP contribution in [0.1, 0.15) is 38.7 Å². The number of rotatable bonds is 5. The predicted molar refractivity (Wildman–Crippen MR) is 103 cm³/mol. The highest BCUT2D eigenvalue weighted by Crippen LogP contribution is 2.30. The second-order valence-corrected chi connectivity index (χ2v) is 6.27. The number of anilines is 1. The van der Waals surface area contributed by atoms with Crippen molar-refractivity contribution in [1.29, 1.82) is 5.26 Å². The van der Waals surface area contributed by atoms with E-state index in [0.717, 1.165) is 49.1 Å². The van der Waals surface area contributed by atoms with E-state index < -0.39 is 0 Å². The fraction of sp³-hybridized carbons (Fsp3) is 0.318. The summed E-state index contributed by atoms with van der Waals surface area (Å²) in [5, 5.41) is 11.8. The molecule has 1 aliphatic rings. The van der Waals surface area contributed by atoms with Gasteiger partial charge in [0.1, 0.15) is 0 Å². The van der Waals surface area contributed by atoms with Gasteiger partial charge < -0.3 is 4.90 Å². The second-order valence-electron chi connectivity index (χ2n) is 6.27. The first-order chi connectivity index (χ1) is 11.8. The molecule has 0 saturated heterocycles. The van der Waals surface area contributed by atoms with Crippen molar-refractivity contribution in [2.45, 2.75) is 33.1 Å². The Morgan fingerprint density at radius 1 is 1.08 bits per heavy atom. The SMILES string of the molecule is CCCN(CC)c1ccc2cc(C3=C(C#N)CCC=C3)ccc2c1. The Labute approximate surface area is 144 Å². The molecule has 0 bridgehead atoms. The maximum atomic E-state index is 9.36. The summed E-state index contributed by atoms with van der Waals surface area (Å²) >= 11 is 0. The highest BCUT2D eigenvalue weighted by Gasteiger charge is 2.11. The molecule has 2 aromatic carbocycles. The maximum Gasteiger partial charge on any atom is 0.0953 e. The van der Waals surface area contributed by atoms with E-state index >= 15 is 0 Å². The number of hydrogen-bond donors (Lipinski definition) is 0. The van der Waals surface area contributed by atoms with E-state index in [-0.39, 0.29) is 0 Å². The Bertz CT molecular complexity index is 837. The van der Waals surface area contributed by atoms with Crippen molar-refractivity contribution in [3.63, 3.8) is 0 Å². The van der Waals surface area contributed by atoms with Gasteiger partial charge in [-0.1, -0.05) is 37.3 Å². The van der Waals surface area contributed by atoms with Crippen molar-refractivity contribution in [3.8, 4) is 6.07 Å². The Balaban J connectivity index is 2.00. The van der Waals surface area contributed by atoms with Crippen LogP contribution < -0.4 is 4.90 Å². The highest BCUT2D eigenvalue weighted by molar-refractivity contribution is 5.91. The summed E-state index contributed by atoms with van der Waals surface area (Å²) in [5.41, 5.74) is 4.40. The minimum atomic E-state index is 0.849. The summed E-state index contributed by atoms with van der Waals surface area (Å²) < 4.78 is 0.